The van der Waals surface area contributed by atoms with Crippen LogP contribution < -0.4 is 10.2 Å². The minimum atomic E-state index is -0.585. The van der Waals surface area contributed by atoms with Crippen LogP contribution in [-0.2, 0) is 16.0 Å². The molecule has 5 nitrogen and oxygen atoms in total. The number of aryl methyl sites for hydroxylation is 1. The number of anilines is 2. The number of benzene rings is 3. The summed E-state index contributed by atoms with van der Waals surface area (Å²) in [5, 5.41) is 13.4. The summed E-state index contributed by atoms with van der Waals surface area (Å²) in [6, 6.07) is 23.3. The minimum absolute atomic E-state index is 0.134. The second-order valence-corrected chi connectivity index (χ2v) is 9.65. The van der Waals surface area contributed by atoms with E-state index in [4.69, 9.17) is 23.2 Å². The third-order valence-corrected chi connectivity index (χ3v) is 7.17. The van der Waals surface area contributed by atoms with Gasteiger partial charge in [-0.05, 0) is 60.9 Å². The molecule has 1 fully saturated rings. The first-order valence-corrected chi connectivity index (χ1v) is 12.0. The molecule has 4 rings (SSSR count). The van der Waals surface area contributed by atoms with E-state index in [-0.39, 0.29) is 11.5 Å². The number of halogens is 2. The Balaban J connectivity index is 1.76. The molecular formula is C26H19Cl2N3O2S. The van der Waals surface area contributed by atoms with Crippen molar-refractivity contribution in [2.45, 2.75) is 18.6 Å². The number of carbonyl (C=O) groups excluding carboxylic acids is 2. The molecule has 0 bridgehead atoms. The Morgan fingerprint density at radius 2 is 1.79 bits per heavy atom. The van der Waals surface area contributed by atoms with Gasteiger partial charge >= 0.3 is 0 Å². The Morgan fingerprint density at radius 1 is 1.09 bits per heavy atom. The molecule has 0 aliphatic carbocycles. The van der Waals surface area contributed by atoms with Crippen molar-refractivity contribution in [2.24, 2.45) is 0 Å². The van der Waals surface area contributed by atoms with E-state index in [1.165, 1.54) is 16.7 Å². The van der Waals surface area contributed by atoms with Gasteiger partial charge in [-0.2, -0.15) is 5.26 Å². The SMILES string of the molecule is Cc1ccccc1N1C(=O)[C@@H](Cc2cc(Cl)ccc2Cl)S/C1=C(/C#N)C(=O)Nc1ccccc1. The van der Waals surface area contributed by atoms with Gasteiger partial charge in [0, 0.05) is 15.7 Å². The molecule has 0 radical (unpaired) electrons. The first-order valence-electron chi connectivity index (χ1n) is 10.4. The number of carbonyl (C=O) groups is 2. The van der Waals surface area contributed by atoms with Crippen LogP contribution in [-0.4, -0.2) is 17.1 Å². The van der Waals surface area contributed by atoms with Crippen LogP contribution in [0.15, 0.2) is 83.4 Å². The van der Waals surface area contributed by atoms with Crippen molar-refractivity contribution in [2.75, 3.05) is 10.2 Å². The van der Waals surface area contributed by atoms with Gasteiger partial charge in [-0.1, -0.05) is 71.4 Å². The molecule has 1 aliphatic rings. The number of amides is 2. The highest BCUT2D eigenvalue weighted by Gasteiger charge is 2.41. The number of nitrogens with one attached hydrogen (secondary N) is 1. The first kappa shape index (κ1) is 23.9. The summed E-state index contributed by atoms with van der Waals surface area (Å²) >= 11 is 13.7. The molecule has 2 amide bonds. The van der Waals surface area contributed by atoms with Crippen molar-refractivity contribution >= 4 is 58.2 Å². The third kappa shape index (κ3) is 4.97. The number of hydrogen-bond acceptors (Lipinski definition) is 4. The standard InChI is InChI=1S/C26H19Cl2N3O2S/c1-16-7-5-6-10-22(16)31-25(33)23(14-17-13-18(27)11-12-21(17)28)34-26(31)20(15-29)24(32)30-19-8-3-2-4-9-19/h2-13,23H,14H2,1H3,(H,30,32)/b26-20-/t23-/m1/s1. The lowest BCUT2D eigenvalue weighted by atomic mass is 10.1. The average molecular weight is 508 g/mol. The maximum Gasteiger partial charge on any atom is 0.269 e. The Morgan fingerprint density at radius 3 is 2.50 bits per heavy atom. The van der Waals surface area contributed by atoms with E-state index in [1.807, 2.05) is 37.3 Å². The average Bonchev–Trinajstić information content (AvgIpc) is 3.13. The lowest BCUT2D eigenvalue weighted by Gasteiger charge is -2.20. The van der Waals surface area contributed by atoms with Crippen molar-refractivity contribution < 1.29 is 9.59 Å². The molecule has 1 N–H and O–H groups in total. The summed E-state index contributed by atoms with van der Waals surface area (Å²) in [6.45, 7) is 1.88. The number of para-hydroxylation sites is 2. The maximum atomic E-state index is 13.6. The Hall–Kier alpha value is -3.24. The fourth-order valence-electron chi connectivity index (χ4n) is 3.63. The molecule has 1 saturated heterocycles. The van der Waals surface area contributed by atoms with Crippen LogP contribution in [0.4, 0.5) is 11.4 Å². The van der Waals surface area contributed by atoms with Crippen LogP contribution in [0.3, 0.4) is 0 Å². The van der Waals surface area contributed by atoms with E-state index in [9.17, 15) is 14.9 Å². The van der Waals surface area contributed by atoms with Gasteiger partial charge in [-0.25, -0.2) is 0 Å². The quantitative estimate of drug-likeness (QED) is 0.321. The van der Waals surface area contributed by atoms with E-state index in [2.05, 4.69) is 5.32 Å². The number of hydrogen-bond donors (Lipinski definition) is 1. The topological polar surface area (TPSA) is 73.2 Å². The zero-order valence-electron chi connectivity index (χ0n) is 18.1. The van der Waals surface area contributed by atoms with E-state index < -0.39 is 11.2 Å². The largest absolute Gasteiger partial charge is 0.321 e. The van der Waals surface area contributed by atoms with E-state index in [1.54, 1.807) is 48.5 Å². The first-order chi connectivity index (χ1) is 16.4. The predicted octanol–water partition coefficient (Wildman–Crippen LogP) is 6.37. The number of nitriles is 1. The molecule has 1 aliphatic heterocycles. The summed E-state index contributed by atoms with van der Waals surface area (Å²) in [6.07, 6.45) is 0.299. The van der Waals surface area contributed by atoms with Crippen LogP contribution in [0, 0.1) is 18.3 Å². The van der Waals surface area contributed by atoms with Crippen molar-refractivity contribution in [3.8, 4) is 6.07 Å². The van der Waals surface area contributed by atoms with Crippen molar-refractivity contribution in [1.29, 1.82) is 5.26 Å². The molecule has 170 valence electrons. The molecule has 1 heterocycles. The molecule has 3 aromatic rings. The molecule has 3 aromatic carbocycles. The van der Waals surface area contributed by atoms with E-state index in [0.29, 0.717) is 32.9 Å². The number of thioether (sulfide) groups is 1. The van der Waals surface area contributed by atoms with Gasteiger partial charge in [-0.3, -0.25) is 14.5 Å². The lowest BCUT2D eigenvalue weighted by Crippen LogP contribution is -2.31. The monoisotopic (exact) mass is 507 g/mol. The van der Waals surface area contributed by atoms with Gasteiger partial charge in [0.1, 0.15) is 16.7 Å². The Labute approximate surface area is 212 Å². The zero-order chi connectivity index (χ0) is 24.2. The fourth-order valence-corrected chi connectivity index (χ4v) is 5.31. The van der Waals surface area contributed by atoms with Gasteiger partial charge in [0.15, 0.2) is 0 Å². The third-order valence-electron chi connectivity index (χ3n) is 5.31. The molecule has 1 atom stereocenters. The van der Waals surface area contributed by atoms with Crippen molar-refractivity contribution in [1.82, 2.24) is 0 Å². The second kappa shape index (κ2) is 10.4. The van der Waals surface area contributed by atoms with Crippen LogP contribution in [0.5, 0.6) is 0 Å². The summed E-state index contributed by atoms with van der Waals surface area (Å²) in [5.41, 5.74) is 2.61. The van der Waals surface area contributed by atoms with E-state index >= 15 is 0 Å². The van der Waals surface area contributed by atoms with Crippen LogP contribution in [0.1, 0.15) is 11.1 Å². The van der Waals surface area contributed by atoms with Crippen LogP contribution in [0.2, 0.25) is 10.0 Å². The van der Waals surface area contributed by atoms with Gasteiger partial charge in [-0.15, -0.1) is 0 Å². The zero-order valence-corrected chi connectivity index (χ0v) is 20.4. The molecule has 0 aromatic heterocycles. The Kier molecular flexibility index (Phi) is 7.28. The van der Waals surface area contributed by atoms with E-state index in [0.717, 1.165) is 11.1 Å². The number of nitrogens with zero attached hydrogens (tertiary/aromatic N) is 2. The summed E-state index contributed by atoms with van der Waals surface area (Å²) < 4.78 is 0. The molecule has 0 spiro atoms. The van der Waals surface area contributed by atoms with Crippen LogP contribution in [0.25, 0.3) is 0 Å². The van der Waals surface area contributed by atoms with Crippen LogP contribution >= 0.6 is 35.0 Å². The Bertz CT molecular complexity index is 1340. The highest BCUT2D eigenvalue weighted by Crippen LogP contribution is 2.43. The lowest BCUT2D eigenvalue weighted by molar-refractivity contribution is -0.117. The summed E-state index contributed by atoms with van der Waals surface area (Å²) in [5.74, 6) is -0.811. The fraction of sp³-hybridized carbons (Fsp3) is 0.115. The summed E-state index contributed by atoms with van der Waals surface area (Å²) in [7, 11) is 0. The summed E-state index contributed by atoms with van der Waals surface area (Å²) in [4.78, 5) is 28.2. The number of rotatable bonds is 5. The predicted molar refractivity (Wildman–Crippen MR) is 138 cm³/mol. The van der Waals surface area contributed by atoms with Crippen molar-refractivity contribution in [3.63, 3.8) is 0 Å². The molecule has 0 unspecified atom stereocenters. The molecule has 0 saturated carbocycles. The highest BCUT2D eigenvalue weighted by molar-refractivity contribution is 8.05. The molecule has 34 heavy (non-hydrogen) atoms. The normalized spacial score (nSPS) is 16.8. The van der Waals surface area contributed by atoms with Gasteiger partial charge in [0.05, 0.1) is 10.9 Å². The minimum Gasteiger partial charge on any atom is -0.321 e. The highest BCUT2D eigenvalue weighted by atomic mass is 35.5. The smallest absolute Gasteiger partial charge is 0.269 e. The van der Waals surface area contributed by atoms with Gasteiger partial charge in [0.2, 0.25) is 5.91 Å². The molecular weight excluding hydrogens is 489 g/mol. The maximum absolute atomic E-state index is 13.6. The van der Waals surface area contributed by atoms with Crippen molar-refractivity contribution in [3.05, 3.63) is 105 Å². The van der Waals surface area contributed by atoms with Gasteiger partial charge in [0.25, 0.3) is 5.91 Å². The second-order valence-electron chi connectivity index (χ2n) is 7.62. The van der Waals surface area contributed by atoms with Gasteiger partial charge < -0.3 is 5.32 Å². The molecule has 8 heteroatoms.